The lowest BCUT2D eigenvalue weighted by Crippen LogP contribution is -2.67. The van der Waals surface area contributed by atoms with Crippen LogP contribution in [0.4, 0.5) is 0 Å². The molecule has 1 aromatic heterocycles. The van der Waals surface area contributed by atoms with Gasteiger partial charge in [-0.2, -0.15) is 0 Å². The summed E-state index contributed by atoms with van der Waals surface area (Å²) in [7, 11) is 4.86. The van der Waals surface area contributed by atoms with Crippen LogP contribution in [-0.4, -0.2) is 67.6 Å². The van der Waals surface area contributed by atoms with E-state index in [1.165, 1.54) is 0 Å². The molecule has 0 bridgehead atoms. The van der Waals surface area contributed by atoms with Crippen molar-refractivity contribution < 1.29 is 23.8 Å². The third-order valence-electron chi connectivity index (χ3n) is 8.45. The predicted molar refractivity (Wildman–Crippen MR) is 152 cm³/mol. The highest BCUT2D eigenvalue weighted by Gasteiger charge is 2.56. The maximum Gasteiger partial charge on any atom is 0.254 e. The maximum absolute atomic E-state index is 14.3. The number of nitrogens with one attached hydrogen (secondary N) is 1. The summed E-state index contributed by atoms with van der Waals surface area (Å²) in [6.07, 6.45) is 0.582. The van der Waals surface area contributed by atoms with Gasteiger partial charge in [0.25, 0.3) is 5.91 Å². The van der Waals surface area contributed by atoms with E-state index in [4.69, 9.17) is 14.2 Å². The molecule has 3 heterocycles. The van der Waals surface area contributed by atoms with Gasteiger partial charge in [0.2, 0.25) is 5.91 Å². The predicted octanol–water partition coefficient (Wildman–Crippen LogP) is 4.47. The second-order valence-electron chi connectivity index (χ2n) is 10.5. The summed E-state index contributed by atoms with van der Waals surface area (Å²) < 4.78 is 16.5. The minimum atomic E-state index is -1.15. The number of amides is 2. The van der Waals surface area contributed by atoms with E-state index in [1.54, 1.807) is 31.1 Å². The van der Waals surface area contributed by atoms with Gasteiger partial charge in [0, 0.05) is 35.5 Å². The van der Waals surface area contributed by atoms with Gasteiger partial charge >= 0.3 is 0 Å². The van der Waals surface area contributed by atoms with Crippen molar-refractivity contribution in [2.75, 3.05) is 41.0 Å². The molecule has 1 N–H and O–H groups in total. The number of ether oxygens (including phenoxy) is 3. The average molecular weight is 540 g/mol. The van der Waals surface area contributed by atoms with Crippen LogP contribution in [0.3, 0.4) is 0 Å². The molecule has 206 valence electrons. The molecule has 2 unspecified atom stereocenters. The van der Waals surface area contributed by atoms with Gasteiger partial charge in [-0.05, 0) is 48.7 Å². The Morgan fingerprint density at radius 3 is 2.40 bits per heavy atom. The lowest BCUT2D eigenvalue weighted by Gasteiger charge is -2.51. The Morgan fingerprint density at radius 1 is 0.900 bits per heavy atom. The Bertz CT molecular complexity index is 1610. The van der Waals surface area contributed by atoms with Crippen molar-refractivity contribution in [3.8, 4) is 17.2 Å². The zero-order chi connectivity index (χ0) is 28.0. The second-order valence-corrected chi connectivity index (χ2v) is 10.5. The van der Waals surface area contributed by atoms with Crippen LogP contribution in [0.1, 0.15) is 35.2 Å². The maximum atomic E-state index is 14.3. The van der Waals surface area contributed by atoms with Crippen LogP contribution < -0.4 is 14.2 Å². The van der Waals surface area contributed by atoms with Crippen LogP contribution in [0.15, 0.2) is 66.7 Å². The first-order chi connectivity index (χ1) is 19.4. The molecule has 0 saturated carbocycles. The first kappa shape index (κ1) is 25.8. The standard InChI is InChI=1S/C32H33N3O5/c1-32-30-29(22-10-5-7-11-24(22)33-30)23(21-9-6-8-12-25(21)38-2)18-35(32)28(36)19-34(31(32)37)16-15-20-13-14-26(39-3)27(17-20)40-4/h5-14,17,23,33H,15-16,18-19H2,1-4H3. The largest absolute Gasteiger partial charge is 0.496 e. The molecule has 2 aliphatic heterocycles. The van der Waals surface area contributed by atoms with E-state index >= 15 is 0 Å². The van der Waals surface area contributed by atoms with Crippen LogP contribution in [0, 0.1) is 0 Å². The number of fused-ring (bicyclic) bond motifs is 5. The fourth-order valence-corrected chi connectivity index (χ4v) is 6.39. The Balaban J connectivity index is 1.40. The first-order valence-corrected chi connectivity index (χ1v) is 13.5. The number of hydrogen-bond donors (Lipinski definition) is 1. The molecule has 0 aliphatic carbocycles. The number of carbonyl (C=O) groups excluding carboxylic acids is 2. The van der Waals surface area contributed by atoms with Gasteiger partial charge in [-0.25, -0.2) is 0 Å². The van der Waals surface area contributed by atoms with Crippen molar-refractivity contribution in [2.45, 2.75) is 24.8 Å². The molecular weight excluding hydrogens is 506 g/mol. The summed E-state index contributed by atoms with van der Waals surface area (Å²) >= 11 is 0. The fraction of sp³-hybridized carbons (Fsp3) is 0.312. The molecule has 8 nitrogen and oxygen atoms in total. The SMILES string of the molecule is COc1ccc(CCN2CC(=O)N3CC(c4ccccc4OC)c4c([nH]c5ccccc45)C3(C)C2=O)cc1OC. The highest BCUT2D eigenvalue weighted by Crippen LogP contribution is 2.49. The van der Waals surface area contributed by atoms with E-state index in [1.807, 2.05) is 67.6 Å². The molecule has 1 fully saturated rings. The molecule has 1 saturated heterocycles. The minimum Gasteiger partial charge on any atom is -0.496 e. The smallest absolute Gasteiger partial charge is 0.254 e. The van der Waals surface area contributed by atoms with Crippen molar-refractivity contribution in [3.05, 3.63) is 89.1 Å². The van der Waals surface area contributed by atoms with Crippen molar-refractivity contribution in [1.82, 2.24) is 14.8 Å². The van der Waals surface area contributed by atoms with Gasteiger partial charge in [0.15, 0.2) is 17.0 Å². The number of aromatic nitrogens is 1. The number of carbonyl (C=O) groups is 2. The highest BCUT2D eigenvalue weighted by molar-refractivity contribution is 6.01. The molecule has 0 spiro atoms. The molecule has 2 amide bonds. The van der Waals surface area contributed by atoms with E-state index in [0.29, 0.717) is 31.0 Å². The van der Waals surface area contributed by atoms with Gasteiger partial charge in [0.1, 0.15) is 5.75 Å². The Labute approximate surface area is 233 Å². The molecule has 0 radical (unpaired) electrons. The quantitative estimate of drug-likeness (QED) is 0.375. The number of aromatic amines is 1. The first-order valence-electron chi connectivity index (χ1n) is 13.5. The van der Waals surface area contributed by atoms with Gasteiger partial charge in [-0.15, -0.1) is 0 Å². The lowest BCUT2D eigenvalue weighted by molar-refractivity contribution is -0.166. The molecule has 2 atom stereocenters. The van der Waals surface area contributed by atoms with Crippen LogP contribution >= 0.6 is 0 Å². The molecule has 2 aliphatic rings. The number of para-hydroxylation sites is 2. The van der Waals surface area contributed by atoms with Crippen LogP contribution in [0.2, 0.25) is 0 Å². The van der Waals surface area contributed by atoms with E-state index in [9.17, 15) is 9.59 Å². The molecule has 8 heteroatoms. The second kappa shape index (κ2) is 9.93. The number of hydrogen-bond acceptors (Lipinski definition) is 5. The van der Waals surface area contributed by atoms with Crippen LogP contribution in [-0.2, 0) is 21.5 Å². The van der Waals surface area contributed by atoms with E-state index in [-0.39, 0.29) is 24.3 Å². The molecular formula is C32H33N3O5. The normalized spacial score (nSPS) is 20.4. The summed E-state index contributed by atoms with van der Waals surface area (Å²) in [5.74, 6) is 1.75. The minimum absolute atomic E-state index is 0.0376. The summed E-state index contributed by atoms with van der Waals surface area (Å²) in [4.78, 5) is 35.1. The number of benzene rings is 3. The molecule has 4 aromatic rings. The summed E-state index contributed by atoms with van der Waals surface area (Å²) in [6.45, 7) is 2.72. The Kier molecular flexibility index (Phi) is 6.41. The summed E-state index contributed by atoms with van der Waals surface area (Å²) in [6, 6.07) is 21.7. The topological polar surface area (TPSA) is 84.1 Å². The monoisotopic (exact) mass is 539 g/mol. The van der Waals surface area contributed by atoms with Crippen LogP contribution in [0.25, 0.3) is 10.9 Å². The van der Waals surface area contributed by atoms with Crippen molar-refractivity contribution in [3.63, 3.8) is 0 Å². The van der Waals surface area contributed by atoms with E-state index < -0.39 is 5.54 Å². The van der Waals surface area contributed by atoms with Gasteiger partial charge in [0.05, 0.1) is 33.6 Å². The molecule has 40 heavy (non-hydrogen) atoms. The zero-order valence-electron chi connectivity index (χ0n) is 23.2. The summed E-state index contributed by atoms with van der Waals surface area (Å²) in [5, 5.41) is 1.05. The Morgan fingerprint density at radius 2 is 1.62 bits per heavy atom. The van der Waals surface area contributed by atoms with Crippen molar-refractivity contribution in [1.29, 1.82) is 0 Å². The van der Waals surface area contributed by atoms with Gasteiger partial charge in [-0.1, -0.05) is 42.5 Å². The van der Waals surface area contributed by atoms with Crippen molar-refractivity contribution in [2.24, 2.45) is 0 Å². The van der Waals surface area contributed by atoms with Gasteiger partial charge in [-0.3, -0.25) is 9.59 Å². The third-order valence-corrected chi connectivity index (χ3v) is 8.45. The number of piperazine rings is 1. The van der Waals surface area contributed by atoms with Crippen LogP contribution in [0.5, 0.6) is 17.2 Å². The molecule has 3 aromatic carbocycles. The average Bonchev–Trinajstić information content (AvgIpc) is 3.39. The van der Waals surface area contributed by atoms with E-state index in [2.05, 4.69) is 11.1 Å². The highest BCUT2D eigenvalue weighted by atomic mass is 16.5. The number of H-pyrrole nitrogens is 1. The number of rotatable bonds is 7. The van der Waals surface area contributed by atoms with Gasteiger partial charge < -0.3 is 29.0 Å². The van der Waals surface area contributed by atoms with Crippen molar-refractivity contribution >= 4 is 22.7 Å². The van der Waals surface area contributed by atoms with E-state index in [0.717, 1.165) is 39.0 Å². The fourth-order valence-electron chi connectivity index (χ4n) is 6.39. The molecule has 6 rings (SSSR count). The number of nitrogens with zero attached hydrogens (tertiary/aromatic N) is 2. The zero-order valence-corrected chi connectivity index (χ0v) is 23.2. The Hall–Kier alpha value is -4.46. The summed E-state index contributed by atoms with van der Waals surface area (Å²) in [5.41, 5.74) is 3.59. The number of methoxy groups -OCH3 is 3. The third kappa shape index (κ3) is 3.89. The lowest BCUT2D eigenvalue weighted by atomic mass is 9.76.